The van der Waals surface area contributed by atoms with Crippen molar-refractivity contribution in [1.29, 1.82) is 0 Å². The highest BCUT2D eigenvalue weighted by atomic mass is 32.2. The predicted molar refractivity (Wildman–Crippen MR) is 82.3 cm³/mol. The van der Waals surface area contributed by atoms with Crippen LogP contribution in [0.5, 0.6) is 0 Å². The Labute approximate surface area is 139 Å². The van der Waals surface area contributed by atoms with Crippen LogP contribution in [0.1, 0.15) is 27.7 Å². The molecule has 1 saturated heterocycles. The van der Waals surface area contributed by atoms with Crippen molar-refractivity contribution in [3.8, 4) is 12.3 Å². The van der Waals surface area contributed by atoms with E-state index in [2.05, 4.69) is 5.92 Å². The summed E-state index contributed by atoms with van der Waals surface area (Å²) in [6, 6.07) is 0. The van der Waals surface area contributed by atoms with Gasteiger partial charge >= 0.3 is 17.9 Å². The van der Waals surface area contributed by atoms with Gasteiger partial charge in [-0.1, -0.05) is 5.92 Å². The van der Waals surface area contributed by atoms with Crippen LogP contribution in [0.3, 0.4) is 0 Å². The molecule has 1 rings (SSSR count). The molecule has 8 heteroatoms. The molecule has 2 unspecified atom stereocenters. The molecule has 5 atom stereocenters. The van der Waals surface area contributed by atoms with Crippen molar-refractivity contribution >= 4 is 29.7 Å². The highest BCUT2D eigenvalue weighted by Gasteiger charge is 2.50. The van der Waals surface area contributed by atoms with E-state index >= 15 is 0 Å². The number of carbonyl (C=O) groups is 3. The van der Waals surface area contributed by atoms with E-state index in [9.17, 15) is 14.4 Å². The molecule has 1 aliphatic rings. The predicted octanol–water partition coefficient (Wildman–Crippen LogP) is 0.893. The zero-order chi connectivity index (χ0) is 17.6. The first-order valence-electron chi connectivity index (χ1n) is 6.98. The maximum Gasteiger partial charge on any atom is 0.303 e. The maximum absolute atomic E-state index is 11.4. The summed E-state index contributed by atoms with van der Waals surface area (Å²) in [7, 11) is 0. The van der Waals surface area contributed by atoms with Gasteiger partial charge in [0.2, 0.25) is 0 Å². The standard InChI is InChI=1S/C15H20O7S/c1-6-7-23-15-14(22-11(5)18)13(21-10(4)17)12(8(2)19-15)20-9(3)16/h1,8,12-15H,7H2,2-5H3/t8?,12-,13?,14-,15-/m0/s1. The van der Waals surface area contributed by atoms with E-state index < -0.39 is 47.8 Å². The molecule has 128 valence electrons. The maximum atomic E-state index is 11.4. The second-order valence-corrected chi connectivity index (χ2v) is 6.03. The molecule has 23 heavy (non-hydrogen) atoms. The largest absolute Gasteiger partial charge is 0.456 e. The minimum absolute atomic E-state index is 0.320. The fourth-order valence-corrected chi connectivity index (χ4v) is 3.15. The fraction of sp³-hybridized carbons (Fsp3) is 0.667. The number of hydrogen-bond donors (Lipinski definition) is 0. The van der Waals surface area contributed by atoms with Crippen molar-refractivity contribution < 1.29 is 33.3 Å². The summed E-state index contributed by atoms with van der Waals surface area (Å²) >= 11 is 1.24. The summed E-state index contributed by atoms with van der Waals surface area (Å²) in [6.07, 6.45) is 1.89. The van der Waals surface area contributed by atoms with Gasteiger partial charge in [-0.3, -0.25) is 14.4 Å². The molecule has 0 saturated carbocycles. The van der Waals surface area contributed by atoms with Crippen LogP contribution in [0.4, 0.5) is 0 Å². The first-order valence-corrected chi connectivity index (χ1v) is 8.03. The van der Waals surface area contributed by atoms with Crippen LogP contribution in [0.15, 0.2) is 0 Å². The lowest BCUT2D eigenvalue weighted by Gasteiger charge is -2.43. The summed E-state index contributed by atoms with van der Waals surface area (Å²) in [5, 5.41) is 0. The van der Waals surface area contributed by atoms with Crippen LogP contribution in [-0.4, -0.2) is 53.5 Å². The third-order valence-electron chi connectivity index (χ3n) is 2.96. The molecular weight excluding hydrogens is 324 g/mol. The Morgan fingerprint density at radius 3 is 1.96 bits per heavy atom. The molecule has 0 N–H and O–H groups in total. The second-order valence-electron chi connectivity index (χ2n) is 4.95. The van der Waals surface area contributed by atoms with Gasteiger partial charge in [0, 0.05) is 20.8 Å². The number of hydrogen-bond acceptors (Lipinski definition) is 8. The topological polar surface area (TPSA) is 88.1 Å². The number of rotatable bonds is 5. The molecule has 7 nitrogen and oxygen atoms in total. The van der Waals surface area contributed by atoms with Crippen molar-refractivity contribution in [1.82, 2.24) is 0 Å². The van der Waals surface area contributed by atoms with E-state index in [4.69, 9.17) is 25.4 Å². The molecule has 0 aromatic heterocycles. The van der Waals surface area contributed by atoms with Crippen molar-refractivity contribution in [2.45, 2.75) is 57.5 Å². The summed E-state index contributed by atoms with van der Waals surface area (Å²) < 4.78 is 21.5. The molecule has 1 fully saturated rings. The molecule has 0 bridgehead atoms. The highest BCUT2D eigenvalue weighted by molar-refractivity contribution is 8.00. The first kappa shape index (κ1) is 19.3. The monoisotopic (exact) mass is 344 g/mol. The summed E-state index contributed by atoms with van der Waals surface area (Å²) in [5.41, 5.74) is -0.638. The molecule has 0 radical (unpaired) electrons. The van der Waals surface area contributed by atoms with Gasteiger partial charge in [-0.25, -0.2) is 0 Å². The van der Waals surface area contributed by atoms with E-state index in [0.29, 0.717) is 5.75 Å². The Balaban J connectivity index is 3.11. The Kier molecular flexibility index (Phi) is 7.39. The Morgan fingerprint density at radius 2 is 1.48 bits per heavy atom. The summed E-state index contributed by atoms with van der Waals surface area (Å²) in [4.78, 5) is 34.1. The smallest absolute Gasteiger partial charge is 0.303 e. The van der Waals surface area contributed by atoms with Gasteiger partial charge in [-0.2, -0.15) is 0 Å². The second kappa shape index (κ2) is 8.79. The Bertz CT molecular complexity index is 499. The van der Waals surface area contributed by atoms with E-state index in [-0.39, 0.29) is 0 Å². The molecule has 0 aromatic carbocycles. The van der Waals surface area contributed by atoms with Crippen LogP contribution in [0.25, 0.3) is 0 Å². The molecule has 0 aromatic rings. The molecular formula is C15H20O7S. The van der Waals surface area contributed by atoms with E-state index in [1.165, 1.54) is 32.5 Å². The van der Waals surface area contributed by atoms with Crippen molar-refractivity contribution in [2.24, 2.45) is 0 Å². The third kappa shape index (κ3) is 5.77. The lowest BCUT2D eigenvalue weighted by Crippen LogP contribution is -2.59. The number of thioether (sulfide) groups is 1. The molecule has 0 amide bonds. The molecule has 1 heterocycles. The summed E-state index contributed by atoms with van der Waals surface area (Å²) in [5.74, 6) is 1.06. The average Bonchev–Trinajstić information content (AvgIpc) is 2.42. The minimum Gasteiger partial charge on any atom is -0.456 e. The van der Waals surface area contributed by atoms with Gasteiger partial charge in [-0.05, 0) is 6.92 Å². The zero-order valence-electron chi connectivity index (χ0n) is 13.4. The normalized spacial score (nSPS) is 30.0. The Morgan fingerprint density at radius 1 is 1.00 bits per heavy atom. The zero-order valence-corrected chi connectivity index (χ0v) is 14.3. The number of ether oxygens (including phenoxy) is 4. The van der Waals surface area contributed by atoms with E-state index in [1.807, 2.05) is 0 Å². The average molecular weight is 344 g/mol. The van der Waals surface area contributed by atoms with Crippen LogP contribution >= 0.6 is 11.8 Å². The van der Waals surface area contributed by atoms with E-state index in [0.717, 1.165) is 0 Å². The van der Waals surface area contributed by atoms with Gasteiger partial charge < -0.3 is 18.9 Å². The summed E-state index contributed by atoms with van der Waals surface area (Å²) in [6.45, 7) is 5.36. The quantitative estimate of drug-likeness (QED) is 0.413. The minimum atomic E-state index is -0.973. The van der Waals surface area contributed by atoms with Crippen molar-refractivity contribution in [3.05, 3.63) is 0 Å². The fourth-order valence-electron chi connectivity index (χ4n) is 2.23. The highest BCUT2D eigenvalue weighted by Crippen LogP contribution is 2.33. The number of carbonyl (C=O) groups excluding carboxylic acids is 3. The van der Waals surface area contributed by atoms with Crippen LogP contribution in [0, 0.1) is 12.3 Å². The van der Waals surface area contributed by atoms with Gasteiger partial charge in [0.25, 0.3) is 0 Å². The third-order valence-corrected chi connectivity index (χ3v) is 4.01. The Hall–Kier alpha value is -1.72. The lowest BCUT2D eigenvalue weighted by molar-refractivity contribution is -0.228. The number of esters is 3. The van der Waals surface area contributed by atoms with Gasteiger partial charge in [-0.15, -0.1) is 18.2 Å². The first-order chi connectivity index (χ1) is 10.8. The van der Waals surface area contributed by atoms with Gasteiger partial charge in [0.1, 0.15) is 5.44 Å². The van der Waals surface area contributed by atoms with Crippen molar-refractivity contribution in [3.63, 3.8) is 0 Å². The van der Waals surface area contributed by atoms with Crippen molar-refractivity contribution in [2.75, 3.05) is 5.75 Å². The molecule has 1 aliphatic heterocycles. The van der Waals surface area contributed by atoms with Gasteiger partial charge in [0.15, 0.2) is 18.3 Å². The lowest BCUT2D eigenvalue weighted by atomic mass is 10.00. The van der Waals surface area contributed by atoms with E-state index in [1.54, 1.807) is 6.92 Å². The van der Waals surface area contributed by atoms with Gasteiger partial charge in [0.05, 0.1) is 11.9 Å². The molecule has 0 spiro atoms. The number of terminal acetylenes is 1. The van der Waals surface area contributed by atoms with Crippen LogP contribution < -0.4 is 0 Å². The van der Waals surface area contributed by atoms with Crippen LogP contribution in [-0.2, 0) is 33.3 Å². The van der Waals surface area contributed by atoms with Crippen LogP contribution in [0.2, 0.25) is 0 Å². The molecule has 0 aliphatic carbocycles. The SMILES string of the molecule is C#CCS[C@@H]1OC(C)[C@H](OC(C)=O)C(OC(C)=O)[C@@H]1OC(C)=O.